The fourth-order valence-electron chi connectivity index (χ4n) is 11.4. The molecule has 0 atom stereocenters. The van der Waals surface area contributed by atoms with E-state index in [-0.39, 0.29) is 0 Å². The summed E-state index contributed by atoms with van der Waals surface area (Å²) in [7, 11) is -2.93. The largest absolute Gasteiger partial charge is 0.309 e. The van der Waals surface area contributed by atoms with Gasteiger partial charge in [-0.1, -0.05) is 182 Å². The monoisotopic (exact) mass is 871 g/mol. The summed E-state index contributed by atoms with van der Waals surface area (Å²) in [5.41, 5.74) is 12.3. The minimum Gasteiger partial charge on any atom is -0.309 e. The van der Waals surface area contributed by atoms with Crippen molar-refractivity contribution in [2.45, 2.75) is 0 Å². The van der Waals surface area contributed by atoms with Gasteiger partial charge >= 0.3 is 0 Å². The fourth-order valence-corrected chi connectivity index (χ4v) is 16.3. The van der Waals surface area contributed by atoms with Crippen molar-refractivity contribution >= 4 is 100 Å². The van der Waals surface area contributed by atoms with Crippen LogP contribution in [0, 0.1) is 0 Å². The van der Waals surface area contributed by atoms with E-state index in [1.807, 2.05) is 0 Å². The molecule has 0 amide bonds. The zero-order chi connectivity index (χ0) is 44.1. The first-order chi connectivity index (χ1) is 33.3. The van der Waals surface area contributed by atoms with Gasteiger partial charge in [0.25, 0.3) is 0 Å². The summed E-state index contributed by atoms with van der Waals surface area (Å²) >= 11 is 0. The van der Waals surface area contributed by atoms with Gasteiger partial charge in [0.15, 0.2) is 8.07 Å². The second-order valence-corrected chi connectivity index (χ2v) is 21.3. The molecule has 67 heavy (non-hydrogen) atoms. The van der Waals surface area contributed by atoms with Gasteiger partial charge in [-0.2, -0.15) is 0 Å². The molecule has 0 bridgehead atoms. The Balaban J connectivity index is 1.04. The lowest BCUT2D eigenvalue weighted by Crippen LogP contribution is -2.74. The molecule has 0 unspecified atom stereocenters. The molecule has 0 aliphatic heterocycles. The average Bonchev–Trinajstić information content (AvgIpc) is 4.14. The van der Waals surface area contributed by atoms with E-state index in [0.717, 1.165) is 55.9 Å². The molecule has 0 N–H and O–H groups in total. The molecular formula is C61H41N5Si. The van der Waals surface area contributed by atoms with Crippen molar-refractivity contribution in [2.24, 2.45) is 0 Å². The first-order valence-corrected chi connectivity index (χ1v) is 25.0. The van der Waals surface area contributed by atoms with Crippen LogP contribution in [0.4, 0.5) is 0 Å². The van der Waals surface area contributed by atoms with E-state index >= 15 is 0 Å². The highest BCUT2D eigenvalue weighted by Crippen LogP contribution is 2.39. The van der Waals surface area contributed by atoms with Crippen molar-refractivity contribution in [3.63, 3.8) is 0 Å². The fraction of sp³-hybridized carbons (Fsp3) is 0. The van der Waals surface area contributed by atoms with E-state index in [1.165, 1.54) is 53.3 Å². The van der Waals surface area contributed by atoms with Crippen molar-refractivity contribution < 1.29 is 0 Å². The minimum absolute atomic E-state index is 0.877. The van der Waals surface area contributed by atoms with Crippen LogP contribution in [0.15, 0.2) is 249 Å². The summed E-state index contributed by atoms with van der Waals surface area (Å²) < 4.78 is 9.63. The Hall–Kier alpha value is -8.71. The van der Waals surface area contributed by atoms with Crippen molar-refractivity contribution in [3.8, 4) is 17.1 Å². The molecule has 314 valence electrons. The number of benzene rings is 10. The lowest BCUT2D eigenvalue weighted by molar-refractivity contribution is 1.06. The van der Waals surface area contributed by atoms with E-state index in [2.05, 4.69) is 267 Å². The molecule has 5 nitrogen and oxygen atoms in total. The summed E-state index contributed by atoms with van der Waals surface area (Å²) in [6.45, 7) is 0. The quantitative estimate of drug-likeness (QED) is 0.116. The zero-order valence-corrected chi connectivity index (χ0v) is 37.4. The standard InChI is InChI=1S/C61H41N5Si/c1-4-21-43(22-5-1)67(44-23-6-2-7-24-44,45-25-8-3-9-26-45)59-38-20-37-58-60(59)62-61-65(56-35-18-19-36-57(56)66(58)61)55-34-17-16-33-54(55)64-52-32-15-12-29-48(52)49-41-42(39-40-53(49)64)63-50-30-13-10-27-46(50)47-28-11-14-31-51(47)63/h1-41H. The Morgan fingerprint density at radius 1 is 0.299 bits per heavy atom. The van der Waals surface area contributed by atoms with Gasteiger partial charge in [0.05, 0.1) is 55.5 Å². The zero-order valence-electron chi connectivity index (χ0n) is 36.4. The Labute approximate surface area is 387 Å². The highest BCUT2D eigenvalue weighted by Gasteiger charge is 2.43. The van der Waals surface area contributed by atoms with Gasteiger partial charge in [-0.15, -0.1) is 0 Å². The maximum Gasteiger partial charge on any atom is 0.220 e. The maximum absolute atomic E-state index is 5.86. The Morgan fingerprint density at radius 3 is 1.31 bits per heavy atom. The van der Waals surface area contributed by atoms with Crippen LogP contribution in [0.5, 0.6) is 0 Å². The lowest BCUT2D eigenvalue weighted by Gasteiger charge is -2.34. The number of fused-ring (bicyclic) bond motifs is 11. The summed E-state index contributed by atoms with van der Waals surface area (Å²) in [4.78, 5) is 5.86. The van der Waals surface area contributed by atoms with Crippen molar-refractivity contribution in [1.82, 2.24) is 23.1 Å². The summed E-state index contributed by atoms with van der Waals surface area (Å²) in [6.07, 6.45) is 0. The third-order valence-corrected chi connectivity index (χ3v) is 18.9. The summed E-state index contributed by atoms with van der Waals surface area (Å²) in [6, 6.07) is 91.2. The van der Waals surface area contributed by atoms with Gasteiger partial charge < -0.3 is 9.13 Å². The van der Waals surface area contributed by atoms with Crippen molar-refractivity contribution in [3.05, 3.63) is 249 Å². The first-order valence-electron chi connectivity index (χ1n) is 23.0. The molecule has 0 aliphatic carbocycles. The van der Waals surface area contributed by atoms with Crippen LogP contribution in [0.25, 0.3) is 88.5 Å². The summed E-state index contributed by atoms with van der Waals surface area (Å²) in [5, 5.41) is 10.2. The third kappa shape index (κ3) is 5.33. The molecule has 4 aromatic heterocycles. The molecule has 6 heteroatoms. The second-order valence-electron chi connectivity index (χ2n) is 17.5. The lowest BCUT2D eigenvalue weighted by atomic mass is 10.1. The Bertz CT molecular complexity index is 4070. The van der Waals surface area contributed by atoms with Crippen LogP contribution in [-0.2, 0) is 0 Å². The molecular weight excluding hydrogens is 831 g/mol. The Kier molecular flexibility index (Phi) is 8.23. The van der Waals surface area contributed by atoms with Crippen LogP contribution in [-0.4, -0.2) is 31.2 Å². The highest BCUT2D eigenvalue weighted by molar-refractivity contribution is 7.20. The molecule has 14 aromatic rings. The average molecular weight is 872 g/mol. The first kappa shape index (κ1) is 37.6. The molecule has 0 fully saturated rings. The highest BCUT2D eigenvalue weighted by atomic mass is 28.3. The molecule has 14 rings (SSSR count). The van der Waals surface area contributed by atoms with E-state index in [1.54, 1.807) is 0 Å². The van der Waals surface area contributed by atoms with Gasteiger partial charge in [0.2, 0.25) is 5.78 Å². The van der Waals surface area contributed by atoms with Crippen molar-refractivity contribution in [1.29, 1.82) is 0 Å². The SMILES string of the molecule is c1ccc([Si](c2ccccc2)(c2ccccc2)c2cccc3c2nc2n(-c4ccccc4-n4c5ccccc5c5cc(-n6c7ccccc7c7ccccc76)ccc54)c4ccccc4n32)cc1. The number of hydrogen-bond donors (Lipinski definition) is 0. The summed E-state index contributed by atoms with van der Waals surface area (Å²) in [5.74, 6) is 0.877. The van der Waals surface area contributed by atoms with Gasteiger partial charge in [0, 0.05) is 27.2 Å². The van der Waals surface area contributed by atoms with E-state index in [9.17, 15) is 0 Å². The molecule has 10 aromatic carbocycles. The van der Waals surface area contributed by atoms with Crippen LogP contribution >= 0.6 is 0 Å². The molecule has 4 heterocycles. The van der Waals surface area contributed by atoms with Crippen molar-refractivity contribution in [2.75, 3.05) is 0 Å². The van der Waals surface area contributed by atoms with Gasteiger partial charge in [0.1, 0.15) is 0 Å². The van der Waals surface area contributed by atoms with Gasteiger partial charge in [-0.05, 0) is 87.5 Å². The second kappa shape index (κ2) is 14.7. The number of nitrogens with zero attached hydrogens (tertiary/aromatic N) is 5. The molecule has 0 aliphatic rings. The number of imidazole rings is 2. The van der Waals surface area contributed by atoms with Crippen LogP contribution < -0.4 is 20.7 Å². The van der Waals surface area contributed by atoms with E-state index in [0.29, 0.717) is 0 Å². The molecule has 0 radical (unpaired) electrons. The van der Waals surface area contributed by atoms with E-state index < -0.39 is 8.07 Å². The van der Waals surface area contributed by atoms with Crippen LogP contribution in [0.2, 0.25) is 0 Å². The number of aromatic nitrogens is 5. The Morgan fingerprint density at radius 2 is 0.731 bits per heavy atom. The van der Waals surface area contributed by atoms with E-state index in [4.69, 9.17) is 4.98 Å². The number of para-hydroxylation sites is 8. The minimum atomic E-state index is -2.93. The smallest absolute Gasteiger partial charge is 0.220 e. The topological polar surface area (TPSA) is 32.1 Å². The predicted octanol–water partition coefficient (Wildman–Crippen LogP) is 12.0. The number of rotatable bonds is 7. The van der Waals surface area contributed by atoms with Gasteiger partial charge in [-0.3, -0.25) is 8.97 Å². The van der Waals surface area contributed by atoms with Crippen LogP contribution in [0.1, 0.15) is 0 Å². The maximum atomic E-state index is 5.86. The molecule has 0 saturated heterocycles. The number of hydrogen-bond acceptors (Lipinski definition) is 1. The van der Waals surface area contributed by atoms with Gasteiger partial charge in [-0.25, -0.2) is 4.98 Å². The molecule has 0 saturated carbocycles. The predicted molar refractivity (Wildman–Crippen MR) is 282 cm³/mol. The third-order valence-electron chi connectivity index (χ3n) is 14.1. The van der Waals surface area contributed by atoms with Crippen LogP contribution in [0.3, 0.4) is 0 Å². The normalized spacial score (nSPS) is 12.2. The molecule has 0 spiro atoms.